The molecule has 0 radical (unpaired) electrons. The fourth-order valence-electron chi connectivity index (χ4n) is 3.23. The van der Waals surface area contributed by atoms with E-state index in [0.29, 0.717) is 12.1 Å². The molecule has 1 atom stereocenters. The van der Waals surface area contributed by atoms with E-state index in [-0.39, 0.29) is 22.4 Å². The van der Waals surface area contributed by atoms with E-state index < -0.39 is 10.0 Å². The van der Waals surface area contributed by atoms with Crippen LogP contribution in [0, 0.1) is 0 Å². The molecule has 0 saturated heterocycles. The first-order chi connectivity index (χ1) is 14.9. The zero-order valence-electron chi connectivity index (χ0n) is 17.8. The highest BCUT2D eigenvalue weighted by Gasteiger charge is 2.23. The van der Waals surface area contributed by atoms with Gasteiger partial charge in [0.05, 0.1) is 23.7 Å². The van der Waals surface area contributed by atoms with Crippen LogP contribution < -0.4 is 14.4 Å². The summed E-state index contributed by atoms with van der Waals surface area (Å²) in [5.41, 5.74) is 1.78. The number of nitrogens with zero attached hydrogens (tertiary/aromatic N) is 1. The van der Waals surface area contributed by atoms with Crippen molar-refractivity contribution < 1.29 is 17.9 Å². The summed E-state index contributed by atoms with van der Waals surface area (Å²) in [4.78, 5) is 12.9. The minimum Gasteiger partial charge on any atom is -0.497 e. The van der Waals surface area contributed by atoms with E-state index in [4.69, 9.17) is 4.74 Å². The van der Waals surface area contributed by atoms with Crippen molar-refractivity contribution in [2.24, 2.45) is 0 Å². The van der Waals surface area contributed by atoms with Crippen molar-refractivity contribution in [3.05, 3.63) is 90.0 Å². The monoisotopic (exact) mass is 438 g/mol. The van der Waals surface area contributed by atoms with Crippen molar-refractivity contribution >= 4 is 21.6 Å². The van der Waals surface area contributed by atoms with Crippen molar-refractivity contribution in [1.82, 2.24) is 5.32 Å². The highest BCUT2D eigenvalue weighted by molar-refractivity contribution is 7.92. The lowest BCUT2D eigenvalue weighted by Crippen LogP contribution is -2.29. The number of para-hydroxylation sites is 1. The summed E-state index contributed by atoms with van der Waals surface area (Å²) in [6.07, 6.45) is 0.687. The molecule has 7 heteroatoms. The van der Waals surface area contributed by atoms with Gasteiger partial charge >= 0.3 is 0 Å². The molecule has 0 fully saturated rings. The summed E-state index contributed by atoms with van der Waals surface area (Å²) in [5.74, 6) is 0.410. The van der Waals surface area contributed by atoms with Gasteiger partial charge in [0.1, 0.15) is 5.75 Å². The summed E-state index contributed by atoms with van der Waals surface area (Å²) >= 11 is 0. The average Bonchev–Trinajstić information content (AvgIpc) is 2.82. The maximum absolute atomic E-state index is 13.1. The van der Waals surface area contributed by atoms with E-state index in [9.17, 15) is 13.2 Å². The second-order valence-corrected chi connectivity index (χ2v) is 9.01. The molecule has 0 bridgehead atoms. The molecule has 0 unspecified atom stereocenters. The van der Waals surface area contributed by atoms with E-state index in [1.165, 1.54) is 23.5 Å². The maximum atomic E-state index is 13.1. The third kappa shape index (κ3) is 5.06. The van der Waals surface area contributed by atoms with Gasteiger partial charge in [0.15, 0.2) is 0 Å². The molecule has 0 aliphatic heterocycles. The lowest BCUT2D eigenvalue weighted by atomic mass is 10.0. The van der Waals surface area contributed by atoms with Crippen molar-refractivity contribution in [1.29, 1.82) is 0 Å². The Hall–Kier alpha value is -3.32. The Morgan fingerprint density at radius 3 is 2.29 bits per heavy atom. The third-order valence-corrected chi connectivity index (χ3v) is 6.89. The van der Waals surface area contributed by atoms with Crippen LogP contribution in [0.1, 0.15) is 35.3 Å². The topological polar surface area (TPSA) is 75.7 Å². The van der Waals surface area contributed by atoms with Crippen LogP contribution in [0.25, 0.3) is 0 Å². The second kappa shape index (κ2) is 9.66. The first-order valence-corrected chi connectivity index (χ1v) is 11.4. The summed E-state index contributed by atoms with van der Waals surface area (Å²) in [5, 5.41) is 2.99. The standard InChI is InChI=1S/C24H26N2O4S/c1-4-23(18-13-15-21(30-3)16-14-18)25-24(27)19-9-8-12-22(17-19)31(28,29)26(2)20-10-6-5-7-11-20/h5-17,23H,4H2,1-3H3,(H,25,27)/t23-/m0/s1. The van der Waals surface area contributed by atoms with Gasteiger partial charge in [-0.05, 0) is 54.4 Å². The molecule has 3 aromatic carbocycles. The van der Waals surface area contributed by atoms with Crippen LogP contribution in [0.5, 0.6) is 5.75 Å². The molecule has 3 aromatic rings. The minimum atomic E-state index is -3.80. The third-order valence-electron chi connectivity index (χ3n) is 5.11. The number of amides is 1. The number of rotatable bonds is 8. The van der Waals surface area contributed by atoms with Gasteiger partial charge in [0.25, 0.3) is 15.9 Å². The normalized spacial score (nSPS) is 12.1. The molecule has 162 valence electrons. The van der Waals surface area contributed by atoms with Crippen LogP contribution in [-0.2, 0) is 10.0 Å². The minimum absolute atomic E-state index is 0.0593. The molecule has 1 N–H and O–H groups in total. The summed E-state index contributed by atoms with van der Waals surface area (Å²) in [6, 6.07) is 22.2. The van der Waals surface area contributed by atoms with Gasteiger partial charge in [-0.3, -0.25) is 9.10 Å². The van der Waals surface area contributed by atoms with E-state index in [0.717, 1.165) is 11.3 Å². The number of carbonyl (C=O) groups excluding carboxylic acids is 1. The van der Waals surface area contributed by atoms with Crippen LogP contribution >= 0.6 is 0 Å². The Bertz CT molecular complexity index is 1130. The van der Waals surface area contributed by atoms with Crippen LogP contribution in [0.2, 0.25) is 0 Å². The molecule has 3 rings (SSSR count). The molecule has 0 saturated carbocycles. The summed E-state index contributed by atoms with van der Waals surface area (Å²) in [7, 11) is -0.707. The number of benzene rings is 3. The Kier molecular flexibility index (Phi) is 6.97. The predicted molar refractivity (Wildman–Crippen MR) is 122 cm³/mol. The summed E-state index contributed by atoms with van der Waals surface area (Å²) < 4.78 is 32.5. The zero-order chi connectivity index (χ0) is 22.4. The molecule has 31 heavy (non-hydrogen) atoms. The predicted octanol–water partition coefficient (Wildman–Crippen LogP) is 4.40. The maximum Gasteiger partial charge on any atom is 0.264 e. The lowest BCUT2D eigenvalue weighted by Gasteiger charge is -2.20. The highest BCUT2D eigenvalue weighted by Crippen LogP contribution is 2.24. The number of ether oxygens (including phenoxy) is 1. The SMILES string of the molecule is CC[C@H](NC(=O)c1cccc(S(=O)(=O)N(C)c2ccccc2)c1)c1ccc(OC)cc1. The molecule has 0 aliphatic rings. The fourth-order valence-corrected chi connectivity index (χ4v) is 4.47. The molecule has 0 aromatic heterocycles. The number of methoxy groups -OCH3 is 1. The first kappa shape index (κ1) is 22.4. The Labute approximate surface area is 183 Å². The van der Waals surface area contributed by atoms with Gasteiger partial charge in [0, 0.05) is 12.6 Å². The van der Waals surface area contributed by atoms with Crippen LogP contribution in [0.4, 0.5) is 5.69 Å². The molecule has 0 aliphatic carbocycles. The number of anilines is 1. The lowest BCUT2D eigenvalue weighted by molar-refractivity contribution is 0.0935. The van der Waals surface area contributed by atoms with Gasteiger partial charge in [0.2, 0.25) is 0 Å². The smallest absolute Gasteiger partial charge is 0.264 e. The molecule has 0 heterocycles. The Balaban J connectivity index is 1.82. The van der Waals surface area contributed by atoms with Crippen LogP contribution in [0.3, 0.4) is 0 Å². The number of nitrogens with one attached hydrogen (secondary N) is 1. The number of sulfonamides is 1. The number of carbonyl (C=O) groups is 1. The molecular weight excluding hydrogens is 412 g/mol. The van der Waals surface area contributed by atoms with Gasteiger partial charge in [-0.2, -0.15) is 0 Å². The van der Waals surface area contributed by atoms with Crippen molar-refractivity contribution in [3.8, 4) is 5.75 Å². The molecule has 6 nitrogen and oxygen atoms in total. The van der Waals surface area contributed by atoms with Gasteiger partial charge in [-0.1, -0.05) is 43.3 Å². The average molecular weight is 439 g/mol. The van der Waals surface area contributed by atoms with Crippen molar-refractivity contribution in [3.63, 3.8) is 0 Å². The van der Waals surface area contributed by atoms with Crippen LogP contribution in [-0.4, -0.2) is 28.5 Å². The highest BCUT2D eigenvalue weighted by atomic mass is 32.2. The van der Waals surface area contributed by atoms with Crippen molar-refractivity contribution in [2.45, 2.75) is 24.3 Å². The van der Waals surface area contributed by atoms with E-state index in [2.05, 4.69) is 5.32 Å². The van der Waals surface area contributed by atoms with E-state index >= 15 is 0 Å². The Morgan fingerprint density at radius 1 is 1.00 bits per heavy atom. The quantitative estimate of drug-likeness (QED) is 0.566. The first-order valence-electron chi connectivity index (χ1n) is 9.95. The largest absolute Gasteiger partial charge is 0.497 e. The van der Waals surface area contributed by atoms with Crippen molar-refractivity contribution in [2.75, 3.05) is 18.5 Å². The number of hydrogen-bond acceptors (Lipinski definition) is 4. The molecular formula is C24H26N2O4S. The van der Waals surface area contributed by atoms with Gasteiger partial charge < -0.3 is 10.1 Å². The number of hydrogen-bond donors (Lipinski definition) is 1. The van der Waals surface area contributed by atoms with Crippen LogP contribution in [0.15, 0.2) is 83.8 Å². The van der Waals surface area contributed by atoms with E-state index in [1.54, 1.807) is 43.5 Å². The molecule has 1 amide bonds. The zero-order valence-corrected chi connectivity index (χ0v) is 18.6. The Morgan fingerprint density at radius 2 is 1.68 bits per heavy atom. The van der Waals surface area contributed by atoms with E-state index in [1.807, 2.05) is 37.3 Å². The fraction of sp³-hybridized carbons (Fsp3) is 0.208. The van der Waals surface area contributed by atoms with Gasteiger partial charge in [-0.25, -0.2) is 8.42 Å². The second-order valence-electron chi connectivity index (χ2n) is 7.04. The van der Waals surface area contributed by atoms with Gasteiger partial charge in [-0.15, -0.1) is 0 Å². The molecule has 0 spiro atoms. The summed E-state index contributed by atoms with van der Waals surface area (Å²) in [6.45, 7) is 1.98.